The van der Waals surface area contributed by atoms with Gasteiger partial charge in [0.25, 0.3) is 0 Å². The molecule has 1 nitrogen and oxygen atoms in total. The molecule has 0 heterocycles. The summed E-state index contributed by atoms with van der Waals surface area (Å²) in [4.78, 5) is 0. The van der Waals surface area contributed by atoms with Crippen LogP contribution < -0.4 is 0 Å². The number of nitrogens with zero attached hydrogens (tertiary/aromatic N) is 1. The second kappa shape index (κ2) is 5.59. The maximum Gasteiger partial charge on any atom is 0.0762 e. The molecular formula is C12H19N. The quantitative estimate of drug-likeness (QED) is 0.585. The molecule has 0 saturated heterocycles. The molecule has 0 aliphatic heterocycles. The fourth-order valence-corrected chi connectivity index (χ4v) is 1.34. The summed E-state index contributed by atoms with van der Waals surface area (Å²) in [6.07, 6.45) is 6.69. The fraction of sp³-hybridized carbons (Fsp3) is 0.583. The third-order valence-electron chi connectivity index (χ3n) is 2.25. The van der Waals surface area contributed by atoms with Gasteiger partial charge < -0.3 is 0 Å². The first-order chi connectivity index (χ1) is 6.11. The Balaban J connectivity index is 4.68. The van der Waals surface area contributed by atoms with Crippen molar-refractivity contribution in [3.8, 4) is 6.07 Å². The Bertz CT molecular complexity index is 226. The van der Waals surface area contributed by atoms with Gasteiger partial charge in [-0.2, -0.15) is 5.26 Å². The van der Waals surface area contributed by atoms with Crippen LogP contribution in [0.1, 0.15) is 40.0 Å². The zero-order valence-electron chi connectivity index (χ0n) is 8.93. The van der Waals surface area contributed by atoms with E-state index in [-0.39, 0.29) is 5.41 Å². The van der Waals surface area contributed by atoms with Gasteiger partial charge in [-0.1, -0.05) is 31.6 Å². The van der Waals surface area contributed by atoms with Crippen molar-refractivity contribution in [3.05, 3.63) is 24.3 Å². The molecule has 1 atom stereocenters. The van der Waals surface area contributed by atoms with Crippen molar-refractivity contribution in [2.75, 3.05) is 0 Å². The van der Waals surface area contributed by atoms with Gasteiger partial charge >= 0.3 is 0 Å². The molecule has 0 spiro atoms. The SMILES string of the molecule is C=CCC(C)(C#N)C=C(CC)CC. The Labute approximate surface area is 81.8 Å². The predicted octanol–water partition coefficient (Wildman–Crippen LogP) is 3.84. The molecule has 1 unspecified atom stereocenters. The second-order valence-electron chi connectivity index (χ2n) is 3.53. The molecule has 0 aliphatic carbocycles. The lowest BCUT2D eigenvalue weighted by atomic mass is 9.85. The van der Waals surface area contributed by atoms with E-state index < -0.39 is 0 Å². The minimum absolute atomic E-state index is 0.358. The minimum atomic E-state index is -0.358. The zero-order valence-corrected chi connectivity index (χ0v) is 8.93. The van der Waals surface area contributed by atoms with Crippen LogP contribution in [-0.2, 0) is 0 Å². The van der Waals surface area contributed by atoms with E-state index in [0.29, 0.717) is 0 Å². The van der Waals surface area contributed by atoms with Crippen molar-refractivity contribution in [2.24, 2.45) is 5.41 Å². The summed E-state index contributed by atoms with van der Waals surface area (Å²) in [5, 5.41) is 9.01. The molecule has 72 valence electrons. The van der Waals surface area contributed by atoms with Gasteiger partial charge in [-0.3, -0.25) is 0 Å². The van der Waals surface area contributed by atoms with Crippen molar-refractivity contribution in [2.45, 2.75) is 40.0 Å². The molecule has 0 aromatic rings. The Morgan fingerprint density at radius 2 is 2.00 bits per heavy atom. The fourth-order valence-electron chi connectivity index (χ4n) is 1.34. The highest BCUT2D eigenvalue weighted by molar-refractivity contribution is 5.17. The maximum absolute atomic E-state index is 9.01. The van der Waals surface area contributed by atoms with Crippen LogP contribution in [0, 0.1) is 16.7 Å². The first-order valence-corrected chi connectivity index (χ1v) is 4.84. The number of hydrogen-bond donors (Lipinski definition) is 0. The number of nitriles is 1. The van der Waals surface area contributed by atoms with E-state index in [1.807, 2.05) is 13.0 Å². The van der Waals surface area contributed by atoms with E-state index >= 15 is 0 Å². The second-order valence-corrected chi connectivity index (χ2v) is 3.53. The van der Waals surface area contributed by atoms with Gasteiger partial charge in [0.1, 0.15) is 0 Å². The van der Waals surface area contributed by atoms with Gasteiger partial charge in [-0.15, -0.1) is 6.58 Å². The molecule has 0 bridgehead atoms. The highest BCUT2D eigenvalue weighted by Crippen LogP contribution is 2.26. The summed E-state index contributed by atoms with van der Waals surface area (Å²) in [6, 6.07) is 2.33. The van der Waals surface area contributed by atoms with Gasteiger partial charge in [0.05, 0.1) is 11.5 Å². The van der Waals surface area contributed by atoms with Gasteiger partial charge in [-0.05, 0) is 26.2 Å². The van der Waals surface area contributed by atoms with Crippen LogP contribution in [0.25, 0.3) is 0 Å². The number of rotatable bonds is 5. The van der Waals surface area contributed by atoms with Crippen molar-refractivity contribution in [1.82, 2.24) is 0 Å². The lowest BCUT2D eigenvalue weighted by Crippen LogP contribution is -2.09. The summed E-state index contributed by atoms with van der Waals surface area (Å²) in [5.74, 6) is 0. The normalized spacial score (nSPS) is 14.0. The molecule has 13 heavy (non-hydrogen) atoms. The van der Waals surface area contributed by atoms with E-state index in [0.717, 1.165) is 19.3 Å². The molecule has 0 amide bonds. The third kappa shape index (κ3) is 3.94. The van der Waals surface area contributed by atoms with Crippen LogP contribution in [-0.4, -0.2) is 0 Å². The minimum Gasteiger partial charge on any atom is -0.197 e. The molecule has 0 fully saturated rings. The van der Waals surface area contributed by atoms with Crippen LogP contribution in [0.3, 0.4) is 0 Å². The molecule has 0 rings (SSSR count). The van der Waals surface area contributed by atoms with Crippen molar-refractivity contribution in [1.29, 1.82) is 5.26 Å². The first kappa shape index (κ1) is 12.0. The topological polar surface area (TPSA) is 23.8 Å². The molecule has 0 aromatic carbocycles. The molecular weight excluding hydrogens is 158 g/mol. The summed E-state index contributed by atoms with van der Waals surface area (Å²) < 4.78 is 0. The molecule has 1 heteroatoms. The molecule has 0 aliphatic rings. The van der Waals surface area contributed by atoms with Gasteiger partial charge in [0, 0.05) is 0 Å². The lowest BCUT2D eigenvalue weighted by molar-refractivity contribution is 0.570. The summed E-state index contributed by atoms with van der Waals surface area (Å²) in [6.45, 7) is 9.88. The van der Waals surface area contributed by atoms with Gasteiger partial charge in [-0.25, -0.2) is 0 Å². The van der Waals surface area contributed by atoms with Crippen molar-refractivity contribution >= 4 is 0 Å². The highest BCUT2D eigenvalue weighted by atomic mass is 14.3. The van der Waals surface area contributed by atoms with Crippen LogP contribution in [0.15, 0.2) is 24.3 Å². The van der Waals surface area contributed by atoms with Crippen LogP contribution in [0.2, 0.25) is 0 Å². The molecule has 0 saturated carbocycles. The lowest BCUT2D eigenvalue weighted by Gasteiger charge is -2.16. The third-order valence-corrected chi connectivity index (χ3v) is 2.25. The van der Waals surface area contributed by atoms with E-state index in [1.165, 1.54) is 5.57 Å². The Kier molecular flexibility index (Phi) is 5.14. The summed E-state index contributed by atoms with van der Waals surface area (Å²) in [7, 11) is 0. The highest BCUT2D eigenvalue weighted by Gasteiger charge is 2.18. The number of hydrogen-bond acceptors (Lipinski definition) is 1. The number of allylic oxidation sites excluding steroid dienone is 3. The van der Waals surface area contributed by atoms with Gasteiger partial charge in [0.2, 0.25) is 0 Å². The van der Waals surface area contributed by atoms with Crippen molar-refractivity contribution < 1.29 is 0 Å². The smallest absolute Gasteiger partial charge is 0.0762 e. The first-order valence-electron chi connectivity index (χ1n) is 4.84. The molecule has 0 radical (unpaired) electrons. The average Bonchev–Trinajstić information content (AvgIpc) is 2.15. The average molecular weight is 177 g/mol. The van der Waals surface area contributed by atoms with E-state index in [4.69, 9.17) is 5.26 Å². The van der Waals surface area contributed by atoms with Gasteiger partial charge in [0.15, 0.2) is 0 Å². The standard InChI is InChI=1S/C12H19N/c1-5-8-12(4,10-13)9-11(6-2)7-3/h5,9H,1,6-8H2,2-4H3. The zero-order chi connectivity index (χ0) is 10.3. The van der Waals surface area contributed by atoms with E-state index in [9.17, 15) is 0 Å². The van der Waals surface area contributed by atoms with Crippen LogP contribution in [0.5, 0.6) is 0 Å². The molecule has 0 aromatic heterocycles. The molecule has 0 N–H and O–H groups in total. The summed E-state index contributed by atoms with van der Waals surface area (Å²) >= 11 is 0. The maximum atomic E-state index is 9.01. The van der Waals surface area contributed by atoms with E-state index in [2.05, 4.69) is 32.6 Å². The Morgan fingerprint density at radius 1 is 1.46 bits per heavy atom. The Hall–Kier alpha value is -1.03. The Morgan fingerprint density at radius 3 is 2.31 bits per heavy atom. The predicted molar refractivity (Wildman–Crippen MR) is 57.2 cm³/mol. The van der Waals surface area contributed by atoms with E-state index in [1.54, 1.807) is 0 Å². The van der Waals surface area contributed by atoms with Crippen LogP contribution in [0.4, 0.5) is 0 Å². The van der Waals surface area contributed by atoms with Crippen LogP contribution >= 0.6 is 0 Å². The summed E-state index contributed by atoms with van der Waals surface area (Å²) in [5.41, 5.74) is 0.995. The van der Waals surface area contributed by atoms with Crippen molar-refractivity contribution in [3.63, 3.8) is 0 Å². The monoisotopic (exact) mass is 177 g/mol. The largest absolute Gasteiger partial charge is 0.197 e.